The Labute approximate surface area is 164 Å². The fraction of sp³-hybridized carbons (Fsp3) is 0.571. The van der Waals surface area contributed by atoms with Crippen LogP contribution in [0, 0.1) is 6.92 Å². The van der Waals surface area contributed by atoms with Gasteiger partial charge in [0.2, 0.25) is 0 Å². The number of Topliss-reactive ketones (excluding diaryl/α,β-unsaturated/α-hetero) is 1. The normalized spacial score (nSPS) is 22.7. The molecule has 4 rings (SSSR count). The second kappa shape index (κ2) is 8.01. The number of benzene rings is 1. The van der Waals surface area contributed by atoms with Gasteiger partial charge in [-0.25, -0.2) is 4.98 Å². The third kappa shape index (κ3) is 3.82. The molecule has 2 atom stereocenters. The molecule has 1 aromatic carbocycles. The molecule has 2 aromatic rings. The SMILES string of the molecule is Cc1cc(N2CCCC2)cc2c(=O)n(CC(=O)C[C@H]3NCCC[C@@H]3O)cnc12. The zero-order chi connectivity index (χ0) is 19.7. The number of aliphatic hydroxyl groups excluding tert-OH is 1. The highest BCUT2D eigenvalue weighted by Gasteiger charge is 2.25. The quantitative estimate of drug-likeness (QED) is 0.810. The van der Waals surface area contributed by atoms with Gasteiger partial charge in [-0.05, 0) is 56.8 Å². The van der Waals surface area contributed by atoms with Crippen molar-refractivity contribution in [2.45, 2.75) is 57.7 Å². The van der Waals surface area contributed by atoms with Crippen LogP contribution in [0.4, 0.5) is 5.69 Å². The number of carbonyl (C=O) groups excluding carboxylic acids is 1. The number of nitrogens with one attached hydrogen (secondary N) is 1. The summed E-state index contributed by atoms with van der Waals surface area (Å²) in [5.74, 6) is -0.0749. The molecule has 28 heavy (non-hydrogen) atoms. The number of rotatable bonds is 5. The molecule has 0 spiro atoms. The second-order valence-electron chi connectivity index (χ2n) is 8.04. The molecule has 150 valence electrons. The maximum atomic E-state index is 13.0. The van der Waals surface area contributed by atoms with Crippen molar-refractivity contribution in [1.82, 2.24) is 14.9 Å². The van der Waals surface area contributed by atoms with Crippen LogP contribution >= 0.6 is 0 Å². The van der Waals surface area contributed by atoms with Gasteiger partial charge in [0.15, 0.2) is 5.78 Å². The smallest absolute Gasteiger partial charge is 0.261 e. The third-order valence-electron chi connectivity index (χ3n) is 5.92. The summed E-state index contributed by atoms with van der Waals surface area (Å²) in [6.07, 6.45) is 5.15. The molecular weight excluding hydrogens is 356 g/mol. The number of anilines is 1. The van der Waals surface area contributed by atoms with Crippen LogP contribution in [-0.2, 0) is 11.3 Å². The highest BCUT2D eigenvalue weighted by Crippen LogP contribution is 2.25. The number of aryl methyl sites for hydroxylation is 1. The van der Waals surface area contributed by atoms with E-state index in [2.05, 4.69) is 21.3 Å². The Hall–Kier alpha value is -2.25. The average Bonchev–Trinajstić information content (AvgIpc) is 3.21. The topological polar surface area (TPSA) is 87.5 Å². The first-order chi connectivity index (χ1) is 13.5. The number of fused-ring (bicyclic) bond motifs is 1. The second-order valence-corrected chi connectivity index (χ2v) is 8.04. The minimum Gasteiger partial charge on any atom is -0.391 e. The van der Waals surface area contributed by atoms with Crippen LogP contribution in [0.3, 0.4) is 0 Å². The number of hydrogen-bond donors (Lipinski definition) is 2. The summed E-state index contributed by atoms with van der Waals surface area (Å²) in [4.78, 5) is 32.3. The molecule has 1 aromatic heterocycles. The largest absolute Gasteiger partial charge is 0.391 e. The zero-order valence-corrected chi connectivity index (χ0v) is 16.4. The molecule has 3 heterocycles. The van der Waals surface area contributed by atoms with Crippen molar-refractivity contribution in [3.05, 3.63) is 34.4 Å². The fourth-order valence-electron chi connectivity index (χ4n) is 4.34. The number of ketones is 1. The molecule has 0 amide bonds. The van der Waals surface area contributed by atoms with Crippen LogP contribution in [-0.4, -0.2) is 52.2 Å². The summed E-state index contributed by atoms with van der Waals surface area (Å²) in [5, 5.41) is 13.8. The van der Waals surface area contributed by atoms with Crippen molar-refractivity contribution >= 4 is 22.4 Å². The Bertz CT molecular complexity index is 933. The number of nitrogens with zero attached hydrogens (tertiary/aromatic N) is 3. The molecule has 7 heteroatoms. The molecule has 0 saturated carbocycles. The Morgan fingerprint density at radius 3 is 2.82 bits per heavy atom. The predicted molar refractivity (Wildman–Crippen MR) is 109 cm³/mol. The number of carbonyl (C=O) groups is 1. The van der Waals surface area contributed by atoms with E-state index in [0.717, 1.165) is 37.3 Å². The van der Waals surface area contributed by atoms with Crippen molar-refractivity contribution in [2.75, 3.05) is 24.5 Å². The minimum atomic E-state index is -0.505. The van der Waals surface area contributed by atoms with Crippen LogP contribution in [0.1, 0.15) is 37.7 Å². The van der Waals surface area contributed by atoms with Crippen molar-refractivity contribution < 1.29 is 9.90 Å². The first kappa shape index (κ1) is 19.1. The maximum absolute atomic E-state index is 13.0. The van der Waals surface area contributed by atoms with Crippen LogP contribution in [0.25, 0.3) is 10.9 Å². The van der Waals surface area contributed by atoms with E-state index in [9.17, 15) is 14.7 Å². The van der Waals surface area contributed by atoms with Gasteiger partial charge in [0.05, 0.1) is 29.9 Å². The molecule has 2 saturated heterocycles. The van der Waals surface area contributed by atoms with Gasteiger partial charge in [0, 0.05) is 31.2 Å². The first-order valence-electron chi connectivity index (χ1n) is 10.2. The van der Waals surface area contributed by atoms with Crippen molar-refractivity contribution in [3.63, 3.8) is 0 Å². The highest BCUT2D eigenvalue weighted by molar-refractivity contribution is 5.85. The predicted octanol–water partition coefficient (Wildman–Crippen LogP) is 1.38. The molecule has 2 aliphatic rings. The van der Waals surface area contributed by atoms with Crippen molar-refractivity contribution in [3.8, 4) is 0 Å². The van der Waals surface area contributed by atoms with E-state index in [1.807, 2.05) is 13.0 Å². The number of aromatic nitrogens is 2. The van der Waals surface area contributed by atoms with Gasteiger partial charge in [-0.1, -0.05) is 0 Å². The van der Waals surface area contributed by atoms with E-state index in [1.165, 1.54) is 23.7 Å². The minimum absolute atomic E-state index is 0.0142. The lowest BCUT2D eigenvalue weighted by atomic mass is 9.97. The Balaban J connectivity index is 1.58. The molecule has 0 bridgehead atoms. The number of aliphatic hydroxyl groups is 1. The van der Waals surface area contributed by atoms with Crippen LogP contribution in [0.5, 0.6) is 0 Å². The summed E-state index contributed by atoms with van der Waals surface area (Å²) >= 11 is 0. The lowest BCUT2D eigenvalue weighted by Gasteiger charge is -2.28. The monoisotopic (exact) mass is 384 g/mol. The van der Waals surface area contributed by atoms with Gasteiger partial charge >= 0.3 is 0 Å². The summed E-state index contributed by atoms with van der Waals surface area (Å²) < 4.78 is 1.40. The van der Waals surface area contributed by atoms with Crippen LogP contribution in [0.15, 0.2) is 23.3 Å². The summed E-state index contributed by atoms with van der Waals surface area (Å²) in [6, 6.07) is 3.77. The molecule has 7 nitrogen and oxygen atoms in total. The summed E-state index contributed by atoms with van der Waals surface area (Å²) in [7, 11) is 0. The van der Waals surface area contributed by atoms with E-state index >= 15 is 0 Å². The van der Waals surface area contributed by atoms with E-state index in [4.69, 9.17) is 0 Å². The molecule has 0 radical (unpaired) electrons. The van der Waals surface area contributed by atoms with Crippen molar-refractivity contribution in [2.24, 2.45) is 0 Å². The summed E-state index contributed by atoms with van der Waals surface area (Å²) in [6.45, 7) is 4.79. The molecular formula is C21H28N4O3. The molecule has 2 N–H and O–H groups in total. The average molecular weight is 384 g/mol. The summed E-state index contributed by atoms with van der Waals surface area (Å²) in [5.41, 5.74) is 2.55. The number of piperidine rings is 1. The first-order valence-corrected chi connectivity index (χ1v) is 10.2. The van der Waals surface area contributed by atoms with Gasteiger partial charge in [-0.15, -0.1) is 0 Å². The van der Waals surface area contributed by atoms with Gasteiger partial charge in [0.25, 0.3) is 5.56 Å². The maximum Gasteiger partial charge on any atom is 0.261 e. The van der Waals surface area contributed by atoms with Crippen molar-refractivity contribution in [1.29, 1.82) is 0 Å². The van der Waals surface area contributed by atoms with Gasteiger partial charge in [0.1, 0.15) is 0 Å². The fourth-order valence-corrected chi connectivity index (χ4v) is 4.34. The van der Waals surface area contributed by atoms with E-state index in [1.54, 1.807) is 0 Å². The number of hydrogen-bond acceptors (Lipinski definition) is 6. The van der Waals surface area contributed by atoms with Gasteiger partial charge in [-0.2, -0.15) is 0 Å². The van der Waals surface area contributed by atoms with E-state index in [-0.39, 0.29) is 30.3 Å². The molecule has 0 unspecified atom stereocenters. The molecule has 2 aliphatic heterocycles. The zero-order valence-electron chi connectivity index (χ0n) is 16.4. The van der Waals surface area contributed by atoms with Gasteiger partial charge < -0.3 is 15.3 Å². The van der Waals surface area contributed by atoms with E-state index in [0.29, 0.717) is 17.3 Å². The highest BCUT2D eigenvalue weighted by atomic mass is 16.3. The van der Waals surface area contributed by atoms with Gasteiger partial charge in [-0.3, -0.25) is 14.2 Å². The van der Waals surface area contributed by atoms with E-state index < -0.39 is 6.10 Å². The Kier molecular flexibility index (Phi) is 5.46. The Morgan fingerprint density at radius 1 is 1.29 bits per heavy atom. The third-order valence-corrected chi connectivity index (χ3v) is 5.92. The lowest BCUT2D eigenvalue weighted by molar-refractivity contribution is -0.121. The van der Waals surface area contributed by atoms with Crippen LogP contribution in [0.2, 0.25) is 0 Å². The lowest BCUT2D eigenvalue weighted by Crippen LogP contribution is -2.46. The van der Waals surface area contributed by atoms with Crippen LogP contribution < -0.4 is 15.8 Å². The standard InChI is InChI=1S/C21H28N4O3/c1-14-9-15(24-7-2-3-8-24)10-17-20(14)23-13-25(21(17)28)12-16(26)11-18-19(27)5-4-6-22-18/h9-10,13,18-19,22,27H,2-8,11-12H2,1H3/t18-,19+/m1/s1. The molecule has 2 fully saturated rings. The molecule has 0 aliphatic carbocycles. The Morgan fingerprint density at radius 2 is 2.07 bits per heavy atom.